The summed E-state index contributed by atoms with van der Waals surface area (Å²) in [6.07, 6.45) is -13.3. The van der Waals surface area contributed by atoms with Crippen LogP contribution in [0.5, 0.6) is 5.88 Å². The molecule has 1 aromatic heterocycles. The maximum absolute atomic E-state index is 12.4. The van der Waals surface area contributed by atoms with E-state index in [1.165, 1.54) is 6.92 Å². The van der Waals surface area contributed by atoms with Crippen molar-refractivity contribution in [2.75, 3.05) is 11.9 Å². The Morgan fingerprint density at radius 3 is 2.24 bits per heavy atom. The molecule has 0 fully saturated rings. The molecule has 0 radical (unpaired) electrons. The van der Waals surface area contributed by atoms with Crippen LogP contribution in [0.1, 0.15) is 18.9 Å². The van der Waals surface area contributed by atoms with E-state index < -0.39 is 24.3 Å². The van der Waals surface area contributed by atoms with Crippen LogP contribution in [0.3, 0.4) is 0 Å². The van der Waals surface area contributed by atoms with Crippen LogP contribution < -0.4 is 10.1 Å². The van der Waals surface area contributed by atoms with Gasteiger partial charge in [0.15, 0.2) is 0 Å². The Balaban J connectivity index is 3.03. The molecule has 0 spiro atoms. The van der Waals surface area contributed by atoms with Crippen molar-refractivity contribution in [2.24, 2.45) is 0 Å². The second-order valence-electron chi connectivity index (χ2n) is 4.19. The first-order valence-electron chi connectivity index (χ1n) is 5.93. The van der Waals surface area contributed by atoms with Crippen LogP contribution in [0.2, 0.25) is 0 Å². The summed E-state index contributed by atoms with van der Waals surface area (Å²) in [5, 5.41) is 2.65. The highest BCUT2D eigenvalue weighted by Gasteiger charge is 2.59. The molecule has 120 valence electrons. The SMILES string of the molecule is CCCNc1ncc(C)c(OC(C(F)(F)F)C(F)(F)F)n1. The maximum Gasteiger partial charge on any atom is 0.434 e. The zero-order valence-corrected chi connectivity index (χ0v) is 11.1. The molecule has 0 aliphatic rings. The molecule has 10 heteroatoms. The van der Waals surface area contributed by atoms with Gasteiger partial charge in [-0.2, -0.15) is 31.3 Å². The van der Waals surface area contributed by atoms with E-state index in [-0.39, 0.29) is 11.5 Å². The summed E-state index contributed by atoms with van der Waals surface area (Å²) < 4.78 is 78.6. The number of aryl methyl sites for hydroxylation is 1. The lowest BCUT2D eigenvalue weighted by molar-refractivity contribution is -0.300. The summed E-state index contributed by atoms with van der Waals surface area (Å²) in [7, 11) is 0. The Morgan fingerprint density at radius 1 is 1.19 bits per heavy atom. The average molecular weight is 317 g/mol. The molecule has 0 bridgehead atoms. The molecule has 21 heavy (non-hydrogen) atoms. The Bertz CT molecular complexity index is 460. The zero-order chi connectivity index (χ0) is 16.3. The highest BCUT2D eigenvalue weighted by molar-refractivity contribution is 5.32. The van der Waals surface area contributed by atoms with E-state index in [0.717, 1.165) is 6.20 Å². The van der Waals surface area contributed by atoms with Crippen LogP contribution in [0.4, 0.5) is 32.3 Å². The molecule has 0 atom stereocenters. The second-order valence-corrected chi connectivity index (χ2v) is 4.19. The minimum Gasteiger partial charge on any atom is -0.454 e. The first kappa shape index (κ1) is 17.3. The number of hydrogen-bond acceptors (Lipinski definition) is 4. The van der Waals surface area contributed by atoms with Gasteiger partial charge in [-0.05, 0) is 13.3 Å². The molecule has 0 saturated carbocycles. The molecule has 0 aliphatic heterocycles. The summed E-state index contributed by atoms with van der Waals surface area (Å²) in [5.74, 6) is -0.858. The predicted octanol–water partition coefficient (Wildman–Crippen LogP) is 3.48. The van der Waals surface area contributed by atoms with Crippen molar-refractivity contribution in [1.82, 2.24) is 9.97 Å². The van der Waals surface area contributed by atoms with Crippen LogP contribution in [0.15, 0.2) is 6.20 Å². The zero-order valence-electron chi connectivity index (χ0n) is 11.1. The fraction of sp³-hybridized carbons (Fsp3) is 0.636. The summed E-state index contributed by atoms with van der Waals surface area (Å²) >= 11 is 0. The maximum atomic E-state index is 12.4. The van der Waals surface area contributed by atoms with Gasteiger partial charge in [-0.1, -0.05) is 6.92 Å². The van der Waals surface area contributed by atoms with Crippen LogP contribution in [0.25, 0.3) is 0 Å². The second kappa shape index (κ2) is 6.35. The summed E-state index contributed by atoms with van der Waals surface area (Å²) in [4.78, 5) is 7.28. The third kappa shape index (κ3) is 4.94. The molecule has 1 heterocycles. The van der Waals surface area contributed by atoms with Crippen LogP contribution in [-0.2, 0) is 0 Å². The standard InChI is InChI=1S/C11H13F6N3O/c1-3-4-18-9-19-5-6(2)7(20-9)21-8(10(12,13)14)11(15,16)17/h5,8H,3-4H2,1-2H3,(H,18,19,20). The lowest BCUT2D eigenvalue weighted by Crippen LogP contribution is -2.46. The van der Waals surface area contributed by atoms with Crippen molar-refractivity contribution in [2.45, 2.75) is 38.7 Å². The van der Waals surface area contributed by atoms with Gasteiger partial charge in [0.1, 0.15) is 0 Å². The highest BCUT2D eigenvalue weighted by atomic mass is 19.4. The number of halogens is 6. The number of hydrogen-bond donors (Lipinski definition) is 1. The first-order chi connectivity index (χ1) is 9.55. The molecule has 1 aromatic rings. The van der Waals surface area contributed by atoms with Gasteiger partial charge in [0.2, 0.25) is 11.8 Å². The molecule has 4 nitrogen and oxygen atoms in total. The normalized spacial score (nSPS) is 12.6. The molecule has 0 amide bonds. The Labute approximate surface area is 116 Å². The highest BCUT2D eigenvalue weighted by Crippen LogP contribution is 2.36. The number of aromatic nitrogens is 2. The van der Waals surface area contributed by atoms with E-state index in [9.17, 15) is 26.3 Å². The number of ether oxygens (including phenoxy) is 1. The van der Waals surface area contributed by atoms with Crippen molar-refractivity contribution in [3.05, 3.63) is 11.8 Å². The third-order valence-corrected chi connectivity index (χ3v) is 2.28. The first-order valence-corrected chi connectivity index (χ1v) is 5.93. The van der Waals surface area contributed by atoms with Crippen molar-refractivity contribution >= 4 is 5.95 Å². The summed E-state index contributed by atoms with van der Waals surface area (Å²) in [6, 6.07) is 0. The van der Waals surface area contributed by atoms with Crippen LogP contribution in [0, 0.1) is 6.92 Å². The molecular formula is C11H13F6N3O. The quantitative estimate of drug-likeness (QED) is 0.845. The molecule has 0 unspecified atom stereocenters. The van der Waals surface area contributed by atoms with E-state index >= 15 is 0 Å². The number of nitrogens with zero attached hydrogens (tertiary/aromatic N) is 2. The Morgan fingerprint density at radius 2 is 1.76 bits per heavy atom. The van der Waals surface area contributed by atoms with Crippen molar-refractivity contribution < 1.29 is 31.1 Å². The molecule has 0 saturated heterocycles. The Hall–Kier alpha value is -1.74. The lowest BCUT2D eigenvalue weighted by Gasteiger charge is -2.24. The van der Waals surface area contributed by atoms with Crippen molar-refractivity contribution in [3.8, 4) is 5.88 Å². The molecule has 1 N–H and O–H groups in total. The van der Waals surface area contributed by atoms with Gasteiger partial charge in [-0.25, -0.2) is 4.98 Å². The summed E-state index contributed by atoms with van der Waals surface area (Å²) in [6.45, 7) is 3.50. The fourth-order valence-corrected chi connectivity index (χ4v) is 1.30. The summed E-state index contributed by atoms with van der Waals surface area (Å²) in [5.41, 5.74) is -0.0319. The monoisotopic (exact) mass is 317 g/mol. The van der Waals surface area contributed by atoms with E-state index in [1.807, 2.05) is 6.92 Å². The Kier molecular flexibility index (Phi) is 5.24. The van der Waals surface area contributed by atoms with Gasteiger partial charge in [0, 0.05) is 18.3 Å². The molecule has 1 rings (SSSR count). The van der Waals surface area contributed by atoms with Gasteiger partial charge in [-0.3, -0.25) is 0 Å². The smallest absolute Gasteiger partial charge is 0.434 e. The minimum atomic E-state index is -5.59. The molecular weight excluding hydrogens is 304 g/mol. The predicted molar refractivity (Wildman–Crippen MR) is 62.1 cm³/mol. The third-order valence-electron chi connectivity index (χ3n) is 2.28. The van der Waals surface area contributed by atoms with E-state index in [2.05, 4.69) is 20.0 Å². The van der Waals surface area contributed by atoms with Crippen molar-refractivity contribution in [3.63, 3.8) is 0 Å². The minimum absolute atomic E-state index is 0.0319. The largest absolute Gasteiger partial charge is 0.454 e. The topological polar surface area (TPSA) is 47.0 Å². The van der Waals surface area contributed by atoms with Crippen molar-refractivity contribution in [1.29, 1.82) is 0 Å². The van der Waals surface area contributed by atoms with Gasteiger partial charge >= 0.3 is 12.4 Å². The van der Waals surface area contributed by atoms with Gasteiger partial charge in [0.05, 0.1) is 0 Å². The fourth-order valence-electron chi connectivity index (χ4n) is 1.30. The van der Waals surface area contributed by atoms with Crippen LogP contribution in [-0.4, -0.2) is 35.0 Å². The van der Waals surface area contributed by atoms with E-state index in [4.69, 9.17) is 0 Å². The lowest BCUT2D eigenvalue weighted by atomic mass is 10.3. The van der Waals surface area contributed by atoms with Crippen LogP contribution >= 0.6 is 0 Å². The molecule has 0 aliphatic carbocycles. The van der Waals surface area contributed by atoms with E-state index in [1.54, 1.807) is 0 Å². The van der Waals surface area contributed by atoms with Gasteiger partial charge in [0.25, 0.3) is 6.10 Å². The number of alkyl halides is 6. The van der Waals surface area contributed by atoms with Gasteiger partial charge in [-0.15, -0.1) is 0 Å². The number of anilines is 1. The van der Waals surface area contributed by atoms with E-state index in [0.29, 0.717) is 13.0 Å². The number of rotatable bonds is 5. The molecule has 0 aromatic carbocycles. The van der Waals surface area contributed by atoms with Gasteiger partial charge < -0.3 is 10.1 Å². The average Bonchev–Trinajstić information content (AvgIpc) is 2.33. The number of nitrogens with one attached hydrogen (secondary N) is 1.